The molecule has 0 unspecified atom stereocenters. The number of nitrogens with zero attached hydrogens (tertiary/aromatic N) is 1. The number of hydrogen-bond donors (Lipinski definition) is 1. The maximum Gasteiger partial charge on any atom is 0.387 e. The molecule has 28 heavy (non-hydrogen) atoms. The van der Waals surface area contributed by atoms with Crippen molar-refractivity contribution in [2.75, 3.05) is 19.0 Å². The molecule has 0 aliphatic carbocycles. The third kappa shape index (κ3) is 5.42. The summed E-state index contributed by atoms with van der Waals surface area (Å²) in [6.07, 6.45) is 0. The monoisotopic (exact) mass is 392 g/mol. The molecular formula is C20H22F2N2O4. The minimum atomic E-state index is -3.10. The minimum Gasteiger partial charge on any atom is -0.493 e. The first-order chi connectivity index (χ1) is 13.3. The van der Waals surface area contributed by atoms with Gasteiger partial charge in [-0.15, -0.1) is 0 Å². The largest absolute Gasteiger partial charge is 0.493 e. The average molecular weight is 392 g/mol. The van der Waals surface area contributed by atoms with Crippen LogP contribution in [-0.2, 0) is 11.3 Å². The number of rotatable bonds is 8. The Morgan fingerprint density at radius 3 is 2.50 bits per heavy atom. The van der Waals surface area contributed by atoms with Crippen molar-refractivity contribution in [3.8, 4) is 11.5 Å². The number of halogens is 2. The van der Waals surface area contributed by atoms with Crippen LogP contribution in [0.15, 0.2) is 42.5 Å². The molecule has 150 valence electrons. The lowest BCUT2D eigenvalue weighted by atomic mass is 10.1. The van der Waals surface area contributed by atoms with E-state index in [0.717, 1.165) is 5.56 Å². The first-order valence-corrected chi connectivity index (χ1v) is 8.63. The van der Waals surface area contributed by atoms with Crippen LogP contribution in [-0.4, -0.2) is 37.0 Å². The van der Waals surface area contributed by atoms with E-state index in [1.54, 1.807) is 23.1 Å². The van der Waals surface area contributed by atoms with E-state index >= 15 is 0 Å². The Kier molecular flexibility index (Phi) is 7.31. The van der Waals surface area contributed by atoms with Crippen LogP contribution in [0.4, 0.5) is 14.5 Å². The van der Waals surface area contributed by atoms with Gasteiger partial charge in [0, 0.05) is 25.7 Å². The molecule has 1 N–H and O–H groups in total. The summed E-state index contributed by atoms with van der Waals surface area (Å²) in [7, 11) is 1.30. The summed E-state index contributed by atoms with van der Waals surface area (Å²) < 4.78 is 35.0. The second kappa shape index (κ2) is 9.68. The molecule has 2 amide bonds. The zero-order valence-corrected chi connectivity index (χ0v) is 15.9. The Hall–Kier alpha value is -3.16. The summed E-state index contributed by atoms with van der Waals surface area (Å²) in [5.41, 5.74) is 1.21. The van der Waals surface area contributed by atoms with Gasteiger partial charge in [-0.05, 0) is 36.8 Å². The summed E-state index contributed by atoms with van der Waals surface area (Å²) >= 11 is 0. The highest BCUT2D eigenvalue weighted by Gasteiger charge is 2.20. The molecule has 0 radical (unpaired) electrons. The van der Waals surface area contributed by atoms with Crippen molar-refractivity contribution in [2.24, 2.45) is 0 Å². The van der Waals surface area contributed by atoms with Gasteiger partial charge in [-0.3, -0.25) is 9.59 Å². The van der Waals surface area contributed by atoms with E-state index in [0.29, 0.717) is 18.8 Å². The molecule has 0 atom stereocenters. The van der Waals surface area contributed by atoms with Gasteiger partial charge in [-0.2, -0.15) is 8.78 Å². The number of methoxy groups -OCH3 is 1. The summed E-state index contributed by atoms with van der Waals surface area (Å²) in [5, 5.41) is 2.66. The smallest absolute Gasteiger partial charge is 0.387 e. The SMILES string of the molecule is CCN(Cc1cccc(NC(=O)c2cccc(OC)c2OC(F)F)c1)C(C)=O. The number of amides is 2. The van der Waals surface area contributed by atoms with Crippen LogP contribution in [0.1, 0.15) is 29.8 Å². The highest BCUT2D eigenvalue weighted by Crippen LogP contribution is 2.33. The molecule has 2 aromatic rings. The fraction of sp³-hybridized carbons (Fsp3) is 0.300. The molecule has 0 aliphatic rings. The molecule has 8 heteroatoms. The fourth-order valence-electron chi connectivity index (χ4n) is 2.68. The van der Waals surface area contributed by atoms with Crippen LogP contribution in [0.5, 0.6) is 11.5 Å². The molecular weight excluding hydrogens is 370 g/mol. The Morgan fingerprint density at radius 2 is 1.89 bits per heavy atom. The van der Waals surface area contributed by atoms with Crippen molar-refractivity contribution in [1.29, 1.82) is 0 Å². The van der Waals surface area contributed by atoms with Crippen molar-refractivity contribution >= 4 is 17.5 Å². The number of anilines is 1. The van der Waals surface area contributed by atoms with E-state index in [-0.39, 0.29) is 23.0 Å². The number of carbonyl (C=O) groups excluding carboxylic acids is 2. The Labute approximate surface area is 162 Å². The lowest BCUT2D eigenvalue weighted by molar-refractivity contribution is -0.129. The standard InChI is InChI=1S/C20H22F2N2O4/c1-4-24(13(2)25)12-14-7-5-8-15(11-14)23-19(26)16-9-6-10-17(27-3)18(16)28-20(21)22/h5-11,20H,4,12H2,1-3H3,(H,23,26). The summed E-state index contributed by atoms with van der Waals surface area (Å²) in [4.78, 5) is 25.9. The van der Waals surface area contributed by atoms with Crippen molar-refractivity contribution in [1.82, 2.24) is 4.90 Å². The number of ether oxygens (including phenoxy) is 2. The first kappa shape index (κ1) is 21.1. The molecule has 0 bridgehead atoms. The predicted octanol–water partition coefficient (Wildman–Crippen LogP) is 3.92. The molecule has 2 rings (SSSR count). The van der Waals surface area contributed by atoms with E-state index < -0.39 is 12.5 Å². The third-order valence-electron chi connectivity index (χ3n) is 4.04. The van der Waals surface area contributed by atoms with Crippen molar-refractivity contribution in [3.63, 3.8) is 0 Å². The topological polar surface area (TPSA) is 67.9 Å². The van der Waals surface area contributed by atoms with Gasteiger partial charge in [-0.1, -0.05) is 18.2 Å². The molecule has 0 spiro atoms. The summed E-state index contributed by atoms with van der Waals surface area (Å²) in [5.74, 6) is -0.975. The zero-order chi connectivity index (χ0) is 20.7. The zero-order valence-electron chi connectivity index (χ0n) is 15.9. The van der Waals surface area contributed by atoms with Crippen molar-refractivity contribution in [3.05, 3.63) is 53.6 Å². The maximum atomic E-state index is 12.7. The van der Waals surface area contributed by atoms with E-state index in [1.807, 2.05) is 13.0 Å². The number of alkyl halides is 2. The van der Waals surface area contributed by atoms with Crippen molar-refractivity contribution < 1.29 is 27.8 Å². The second-order valence-corrected chi connectivity index (χ2v) is 5.90. The average Bonchev–Trinajstić information content (AvgIpc) is 2.65. The van der Waals surface area contributed by atoms with Gasteiger partial charge < -0.3 is 19.7 Å². The molecule has 0 aliphatic heterocycles. The molecule has 2 aromatic carbocycles. The van der Waals surface area contributed by atoms with Crippen LogP contribution in [0, 0.1) is 0 Å². The molecule has 0 fully saturated rings. The third-order valence-corrected chi connectivity index (χ3v) is 4.04. The van der Waals surface area contributed by atoms with Crippen LogP contribution in [0.3, 0.4) is 0 Å². The fourth-order valence-corrected chi connectivity index (χ4v) is 2.68. The maximum absolute atomic E-state index is 12.7. The van der Waals surface area contributed by atoms with Gasteiger partial charge >= 0.3 is 6.61 Å². The molecule has 0 saturated heterocycles. The number of benzene rings is 2. The number of nitrogens with one attached hydrogen (secondary N) is 1. The Balaban J connectivity index is 2.24. The summed E-state index contributed by atoms with van der Waals surface area (Å²) in [6, 6.07) is 11.3. The second-order valence-electron chi connectivity index (χ2n) is 5.90. The predicted molar refractivity (Wildman–Crippen MR) is 101 cm³/mol. The van der Waals surface area contributed by atoms with Crippen LogP contribution in [0.2, 0.25) is 0 Å². The lowest BCUT2D eigenvalue weighted by Gasteiger charge is -2.19. The number of hydrogen-bond acceptors (Lipinski definition) is 4. The van der Waals surface area contributed by atoms with Crippen molar-refractivity contribution in [2.45, 2.75) is 27.0 Å². The number of para-hydroxylation sites is 1. The molecule has 0 heterocycles. The van der Waals surface area contributed by atoms with Gasteiger partial charge in [0.05, 0.1) is 12.7 Å². The van der Waals surface area contributed by atoms with Gasteiger partial charge in [0.1, 0.15) is 0 Å². The van der Waals surface area contributed by atoms with Crippen LogP contribution < -0.4 is 14.8 Å². The van der Waals surface area contributed by atoms with Gasteiger partial charge in [0.2, 0.25) is 5.91 Å². The van der Waals surface area contributed by atoms with Crippen LogP contribution >= 0.6 is 0 Å². The van der Waals surface area contributed by atoms with E-state index in [2.05, 4.69) is 10.1 Å². The minimum absolute atomic E-state index is 0.0294. The van der Waals surface area contributed by atoms with Gasteiger partial charge in [0.25, 0.3) is 5.91 Å². The normalized spacial score (nSPS) is 10.5. The Morgan fingerprint density at radius 1 is 1.18 bits per heavy atom. The quantitative estimate of drug-likeness (QED) is 0.740. The number of carbonyl (C=O) groups is 2. The Bertz CT molecular complexity index is 843. The van der Waals surface area contributed by atoms with E-state index in [1.165, 1.54) is 32.2 Å². The highest BCUT2D eigenvalue weighted by molar-refractivity contribution is 6.06. The van der Waals surface area contributed by atoms with Gasteiger partial charge in [-0.25, -0.2) is 0 Å². The summed E-state index contributed by atoms with van der Waals surface area (Å²) in [6.45, 7) is 1.22. The van der Waals surface area contributed by atoms with Gasteiger partial charge in [0.15, 0.2) is 11.5 Å². The van der Waals surface area contributed by atoms with E-state index in [9.17, 15) is 18.4 Å². The van der Waals surface area contributed by atoms with Crippen LogP contribution in [0.25, 0.3) is 0 Å². The molecule has 0 saturated carbocycles. The highest BCUT2D eigenvalue weighted by atomic mass is 19.3. The lowest BCUT2D eigenvalue weighted by Crippen LogP contribution is -2.27. The van der Waals surface area contributed by atoms with E-state index in [4.69, 9.17) is 4.74 Å². The first-order valence-electron chi connectivity index (χ1n) is 8.63. The molecule has 6 nitrogen and oxygen atoms in total. The molecule has 0 aromatic heterocycles.